The van der Waals surface area contributed by atoms with Gasteiger partial charge in [0.05, 0.1) is 25.0 Å². The van der Waals surface area contributed by atoms with Gasteiger partial charge in [0, 0.05) is 5.56 Å². The van der Waals surface area contributed by atoms with Gasteiger partial charge in [0.2, 0.25) is 5.91 Å². The van der Waals surface area contributed by atoms with Crippen molar-refractivity contribution in [2.45, 2.75) is 0 Å². The molecule has 2 N–H and O–H groups in total. The smallest absolute Gasteiger partial charge is 0.255 e. The Morgan fingerprint density at radius 1 is 1.04 bits per heavy atom. The van der Waals surface area contributed by atoms with Gasteiger partial charge in [-0.1, -0.05) is 12.1 Å². The molecule has 0 radical (unpaired) electrons. The zero-order valence-corrected chi connectivity index (χ0v) is 14.6. The maximum absolute atomic E-state index is 13.8. The first-order valence-electron chi connectivity index (χ1n) is 7.69. The van der Waals surface area contributed by atoms with Crippen LogP contribution in [0.4, 0.5) is 20.2 Å². The van der Waals surface area contributed by atoms with E-state index in [1.807, 2.05) is 0 Å². The number of halogens is 2. The maximum Gasteiger partial charge on any atom is 0.255 e. The highest BCUT2D eigenvalue weighted by atomic mass is 19.1. The van der Waals surface area contributed by atoms with Crippen molar-refractivity contribution in [3.05, 3.63) is 53.6 Å². The number of benzene rings is 2. The van der Waals surface area contributed by atoms with Gasteiger partial charge in [0.1, 0.15) is 0 Å². The van der Waals surface area contributed by atoms with Gasteiger partial charge in [-0.15, -0.1) is 0 Å². The number of carbonyl (C=O) groups is 2. The number of nitrogens with one attached hydrogen (secondary N) is 2. The number of methoxy groups -OCH3 is 1. The van der Waals surface area contributed by atoms with Crippen molar-refractivity contribution in [3.63, 3.8) is 0 Å². The second-order valence-corrected chi connectivity index (χ2v) is 5.76. The van der Waals surface area contributed by atoms with Crippen LogP contribution in [0.25, 0.3) is 0 Å². The lowest BCUT2D eigenvalue weighted by Gasteiger charge is -2.14. The third-order valence-electron chi connectivity index (χ3n) is 3.37. The zero-order chi connectivity index (χ0) is 19.3. The third kappa shape index (κ3) is 4.76. The molecule has 26 heavy (non-hydrogen) atoms. The largest absolute Gasteiger partial charge is 0.491 e. The van der Waals surface area contributed by atoms with Gasteiger partial charge >= 0.3 is 0 Å². The second-order valence-electron chi connectivity index (χ2n) is 5.76. The van der Waals surface area contributed by atoms with Crippen LogP contribution < -0.4 is 15.4 Å². The Morgan fingerprint density at radius 2 is 1.58 bits per heavy atom. The monoisotopic (exact) mass is 363 g/mol. The topological polar surface area (TPSA) is 70.7 Å². The molecule has 138 valence electrons. The fraction of sp³-hybridized carbons (Fsp3) is 0.222. The number of likely N-dealkylation sites (N-methyl/N-ethyl adjacent to an activating group) is 1. The summed E-state index contributed by atoms with van der Waals surface area (Å²) < 4.78 is 32.1. The van der Waals surface area contributed by atoms with Crippen LogP contribution in [0.3, 0.4) is 0 Å². The molecule has 0 heterocycles. The predicted octanol–water partition coefficient (Wildman–Crippen LogP) is 2.73. The summed E-state index contributed by atoms with van der Waals surface area (Å²) in [5.74, 6) is -3.51. The molecule has 0 spiro atoms. The Kier molecular flexibility index (Phi) is 6.24. The fourth-order valence-corrected chi connectivity index (χ4v) is 2.26. The number of hydrogen-bond acceptors (Lipinski definition) is 4. The average molecular weight is 363 g/mol. The van der Waals surface area contributed by atoms with E-state index in [0.29, 0.717) is 11.4 Å². The summed E-state index contributed by atoms with van der Waals surface area (Å²) in [6.07, 6.45) is 0. The number of hydrogen-bond donors (Lipinski definition) is 2. The third-order valence-corrected chi connectivity index (χ3v) is 3.37. The van der Waals surface area contributed by atoms with Crippen LogP contribution in [0.2, 0.25) is 0 Å². The molecule has 0 fully saturated rings. The molecule has 0 unspecified atom stereocenters. The highest BCUT2D eigenvalue weighted by Gasteiger charge is 2.17. The van der Waals surface area contributed by atoms with Crippen LogP contribution >= 0.6 is 0 Å². The van der Waals surface area contributed by atoms with Crippen molar-refractivity contribution in [1.29, 1.82) is 0 Å². The van der Waals surface area contributed by atoms with Crippen LogP contribution in [0, 0.1) is 11.6 Å². The SMILES string of the molecule is COc1c(F)cc(C(=O)Nc2ccccc2NC(=O)CN(C)C)cc1F. The fourth-order valence-electron chi connectivity index (χ4n) is 2.26. The molecular weight excluding hydrogens is 344 g/mol. The molecule has 0 saturated heterocycles. The summed E-state index contributed by atoms with van der Waals surface area (Å²) >= 11 is 0. The van der Waals surface area contributed by atoms with Gasteiger partial charge in [-0.25, -0.2) is 8.78 Å². The molecule has 6 nitrogen and oxygen atoms in total. The second kappa shape index (κ2) is 8.39. The summed E-state index contributed by atoms with van der Waals surface area (Å²) in [4.78, 5) is 25.9. The number of rotatable bonds is 6. The van der Waals surface area contributed by atoms with Crippen molar-refractivity contribution in [2.75, 3.05) is 38.4 Å². The van der Waals surface area contributed by atoms with Crippen LogP contribution in [-0.2, 0) is 4.79 Å². The molecule has 0 bridgehead atoms. The zero-order valence-electron chi connectivity index (χ0n) is 14.6. The molecule has 0 atom stereocenters. The minimum absolute atomic E-state index is 0.164. The summed E-state index contributed by atoms with van der Waals surface area (Å²) in [5.41, 5.74) is 0.471. The summed E-state index contributed by atoms with van der Waals surface area (Å²) in [6.45, 7) is 0.164. The van der Waals surface area contributed by atoms with E-state index < -0.39 is 23.3 Å². The molecule has 0 aliphatic rings. The van der Waals surface area contributed by atoms with Crippen molar-refractivity contribution >= 4 is 23.2 Å². The number of nitrogens with zero attached hydrogens (tertiary/aromatic N) is 1. The number of anilines is 2. The van der Waals surface area contributed by atoms with Crippen LogP contribution in [0.15, 0.2) is 36.4 Å². The van der Waals surface area contributed by atoms with Gasteiger partial charge in [-0.05, 0) is 38.4 Å². The van der Waals surface area contributed by atoms with E-state index in [4.69, 9.17) is 0 Å². The molecule has 0 aliphatic heterocycles. The number of amides is 2. The van der Waals surface area contributed by atoms with Gasteiger partial charge in [0.25, 0.3) is 5.91 Å². The Hall–Kier alpha value is -3.00. The maximum atomic E-state index is 13.8. The van der Waals surface area contributed by atoms with Crippen molar-refractivity contribution in [3.8, 4) is 5.75 Å². The van der Waals surface area contributed by atoms with Crippen molar-refractivity contribution in [1.82, 2.24) is 4.90 Å². The Bertz CT molecular complexity index is 802. The molecule has 2 rings (SSSR count). The highest BCUT2D eigenvalue weighted by molar-refractivity contribution is 6.07. The molecular formula is C18H19F2N3O3. The van der Waals surface area contributed by atoms with E-state index in [9.17, 15) is 18.4 Å². The molecule has 2 aromatic carbocycles. The molecule has 2 amide bonds. The lowest BCUT2D eigenvalue weighted by Crippen LogP contribution is -2.27. The van der Waals surface area contributed by atoms with E-state index >= 15 is 0 Å². The first kappa shape index (κ1) is 19.3. The summed E-state index contributed by atoms with van der Waals surface area (Å²) in [6, 6.07) is 8.28. The first-order valence-corrected chi connectivity index (χ1v) is 7.69. The normalized spacial score (nSPS) is 10.5. The Balaban J connectivity index is 2.21. The Labute approximate surface area is 149 Å². The lowest BCUT2D eigenvalue weighted by molar-refractivity contribution is -0.116. The van der Waals surface area contributed by atoms with E-state index in [1.54, 1.807) is 43.3 Å². The minimum Gasteiger partial charge on any atom is -0.491 e. The number of ether oxygens (including phenoxy) is 1. The van der Waals surface area contributed by atoms with E-state index in [2.05, 4.69) is 15.4 Å². The summed E-state index contributed by atoms with van der Waals surface area (Å²) in [5, 5.41) is 5.21. The first-order chi connectivity index (χ1) is 12.3. The van der Waals surface area contributed by atoms with Crippen LogP contribution in [0.5, 0.6) is 5.75 Å². The standard InChI is InChI=1S/C18H19F2N3O3/c1-23(2)10-16(24)21-14-6-4-5-7-15(14)22-18(25)11-8-12(19)17(26-3)13(20)9-11/h4-9H,10H2,1-3H3,(H,21,24)(H,22,25). The quantitative estimate of drug-likeness (QED) is 0.828. The van der Waals surface area contributed by atoms with E-state index in [-0.39, 0.29) is 18.0 Å². The van der Waals surface area contributed by atoms with Gasteiger partial charge in [0.15, 0.2) is 17.4 Å². The molecule has 8 heteroatoms. The number of para-hydroxylation sites is 2. The van der Waals surface area contributed by atoms with Crippen LogP contribution in [-0.4, -0.2) is 44.5 Å². The van der Waals surface area contributed by atoms with Gasteiger partial charge < -0.3 is 20.3 Å². The number of carbonyl (C=O) groups excluding carboxylic acids is 2. The summed E-state index contributed by atoms with van der Waals surface area (Å²) in [7, 11) is 4.63. The van der Waals surface area contributed by atoms with Gasteiger partial charge in [-0.2, -0.15) is 0 Å². The van der Waals surface area contributed by atoms with Crippen molar-refractivity contribution in [2.24, 2.45) is 0 Å². The molecule has 0 aliphatic carbocycles. The Morgan fingerprint density at radius 3 is 2.08 bits per heavy atom. The lowest BCUT2D eigenvalue weighted by atomic mass is 10.1. The minimum atomic E-state index is -0.981. The van der Waals surface area contributed by atoms with Crippen LogP contribution in [0.1, 0.15) is 10.4 Å². The molecule has 2 aromatic rings. The molecule has 0 saturated carbocycles. The van der Waals surface area contributed by atoms with Gasteiger partial charge in [-0.3, -0.25) is 9.59 Å². The van der Waals surface area contributed by atoms with Crippen molar-refractivity contribution < 1.29 is 23.1 Å². The average Bonchev–Trinajstić information content (AvgIpc) is 2.55. The van der Waals surface area contributed by atoms with E-state index in [1.165, 1.54) is 0 Å². The van der Waals surface area contributed by atoms with E-state index in [0.717, 1.165) is 19.2 Å². The highest BCUT2D eigenvalue weighted by Crippen LogP contribution is 2.25. The predicted molar refractivity (Wildman–Crippen MR) is 94.5 cm³/mol. The molecule has 0 aromatic heterocycles.